The monoisotopic (exact) mass is 1590 g/mol. The van der Waals surface area contributed by atoms with Gasteiger partial charge in [0.05, 0.1) is 61.9 Å². The number of nitrogens with one attached hydrogen (secondary N) is 6. The largest absolute Gasteiger partial charge is 0.507 e. The molecule has 0 aliphatic heterocycles. The number of phenolic OH excluding ortho intramolecular Hbond substituents is 4. The molecule has 0 aromatic heterocycles. The van der Waals surface area contributed by atoms with Crippen LogP contribution in [0.4, 0.5) is 38.9 Å². The van der Waals surface area contributed by atoms with Crippen LogP contribution in [0.1, 0.15) is 41.4 Å². The summed E-state index contributed by atoms with van der Waals surface area (Å²) in [6.07, 6.45) is 0. The summed E-state index contributed by atoms with van der Waals surface area (Å²) in [5.74, 6) is -10.3. The summed E-state index contributed by atoms with van der Waals surface area (Å²) < 4.78 is 276. The molecule has 0 aliphatic carbocycles. The number of anilines is 6. The van der Waals surface area contributed by atoms with Gasteiger partial charge in [-0.15, -0.1) is 0 Å². The zero-order valence-electron chi connectivity index (χ0n) is 50.4. The van der Waals surface area contributed by atoms with Gasteiger partial charge in [0.2, 0.25) is 0 Å². The van der Waals surface area contributed by atoms with Crippen molar-refractivity contribution < 1.29 is 148 Å². The summed E-state index contributed by atoms with van der Waals surface area (Å²) in [4.78, 5) is 64.0. The molecule has 0 saturated carbocycles. The Kier molecular flexibility index (Phi) is 19.1. The molecule has 0 bridgehead atoms. The second kappa shape index (κ2) is 26.3. The molecule has 18 N–H and O–H groups in total. The Labute approximate surface area is 582 Å². The average Bonchev–Trinajstić information content (AvgIpc) is 0.777. The second-order valence-electron chi connectivity index (χ2n) is 21.8. The van der Waals surface area contributed by atoms with Crippen molar-refractivity contribution in [3.05, 3.63) is 156 Å². The first-order valence-corrected chi connectivity index (χ1v) is 38.9. The van der Waals surface area contributed by atoms with Gasteiger partial charge in [0.15, 0.2) is 0 Å². The van der Waals surface area contributed by atoms with Crippen LogP contribution in [0.25, 0.3) is 43.1 Å². The number of hydrogen-bond donors (Lipinski definition) is 18. The Morgan fingerprint density at radius 1 is 0.221 bits per heavy atom. The first-order valence-electron chi connectivity index (χ1n) is 27.4. The van der Waals surface area contributed by atoms with E-state index in [1.165, 1.54) is 0 Å². The number of hydrogen-bond acceptors (Lipinski definition) is 25. The van der Waals surface area contributed by atoms with Crippen LogP contribution in [-0.4, -0.2) is 154 Å². The average molecular weight is 1590 g/mol. The minimum absolute atomic E-state index is 0.446. The van der Waals surface area contributed by atoms with Crippen LogP contribution in [0.3, 0.4) is 0 Å². The summed E-state index contributed by atoms with van der Waals surface area (Å²) in [6.45, 7) is 0. The van der Waals surface area contributed by atoms with Crippen LogP contribution in [0.15, 0.2) is 173 Å². The maximum absolute atomic E-state index is 14.5. The zero-order chi connectivity index (χ0) is 77.0. The highest BCUT2D eigenvalue weighted by Gasteiger charge is 2.29. The van der Waals surface area contributed by atoms with Crippen LogP contribution in [0.5, 0.6) is 23.0 Å². The minimum atomic E-state index is -5.33. The van der Waals surface area contributed by atoms with Crippen molar-refractivity contribution in [2.45, 2.75) is 39.2 Å². The standard InChI is InChI=1S/C57H40N6O33S8/c64-45-19-37(101(85,86)87)11-23-7-33(97(73,74)75)15-41(49(23)45)60-53(68)27-1-28(54(69)61-42-16-34(98(76,77)78)8-24-12-38(102(88,89)90)20-46(65)50(24)42)4-31(3-27)58-57(72)59-32-5-29(55(70)62-43-17-35(99(79,80)81)9-25-13-39(103(91,92)93)21-47(66)51(25)43)2-30(6-32)56(71)63-44-18-36(100(82,83)84)10-26-14-40(104(94,95)96)22-48(67)52(26)44/h1-22,64-67H,(H,60,68)(H,61,69)(H,62,70)(H,63,71)(H2,58,59,72)(H,73,74,75)(H,76,77,78)(H,79,80,81)(H,82,83,84)(H,85,86,87)(H,88,89,90)(H,91,92,93)(H,94,95,96). The van der Waals surface area contributed by atoms with Gasteiger partial charge < -0.3 is 52.3 Å². The molecule has 0 saturated heterocycles. The maximum atomic E-state index is 14.5. The summed E-state index contributed by atoms with van der Waals surface area (Å²) >= 11 is 0. The highest BCUT2D eigenvalue weighted by atomic mass is 32.2. The predicted molar refractivity (Wildman–Crippen MR) is 358 cm³/mol. The fourth-order valence-electron chi connectivity index (χ4n) is 10.3. The smallest absolute Gasteiger partial charge is 0.323 e. The lowest BCUT2D eigenvalue weighted by Gasteiger charge is -2.17. The third-order valence-corrected chi connectivity index (χ3v) is 21.4. The van der Waals surface area contributed by atoms with E-state index in [1.54, 1.807) is 0 Å². The highest BCUT2D eigenvalue weighted by Crippen LogP contribution is 2.42. The van der Waals surface area contributed by atoms with E-state index in [0.717, 1.165) is 24.3 Å². The molecule has 10 aromatic carbocycles. The summed E-state index contributed by atoms with van der Waals surface area (Å²) in [6, 6.07) is 11.3. The van der Waals surface area contributed by atoms with Gasteiger partial charge in [0.25, 0.3) is 105 Å². The number of benzene rings is 10. The van der Waals surface area contributed by atoms with Crippen molar-refractivity contribution in [1.29, 1.82) is 0 Å². The van der Waals surface area contributed by atoms with Crippen molar-refractivity contribution in [1.82, 2.24) is 0 Å². The lowest BCUT2D eigenvalue weighted by Crippen LogP contribution is -2.23. The van der Waals surface area contributed by atoms with Crippen molar-refractivity contribution in [3.8, 4) is 23.0 Å². The third-order valence-electron chi connectivity index (χ3n) is 14.7. The molecule has 10 aromatic rings. The Morgan fingerprint density at radius 3 is 0.548 bits per heavy atom. The number of aromatic hydroxyl groups is 4. The zero-order valence-corrected chi connectivity index (χ0v) is 56.9. The Balaban J connectivity index is 1.11. The van der Waals surface area contributed by atoms with Gasteiger partial charge in [0.1, 0.15) is 23.0 Å². The summed E-state index contributed by atoms with van der Waals surface area (Å²) in [5, 5.41) is 52.3. The summed E-state index contributed by atoms with van der Waals surface area (Å²) in [5.41, 5.74) is -7.95. The number of urea groups is 1. The van der Waals surface area contributed by atoms with Crippen LogP contribution >= 0.6 is 0 Å². The highest BCUT2D eigenvalue weighted by molar-refractivity contribution is 7.87. The molecule has 0 unspecified atom stereocenters. The third kappa shape index (κ3) is 16.2. The molecule has 0 atom stereocenters. The van der Waals surface area contributed by atoms with Crippen molar-refractivity contribution in [2.24, 2.45) is 0 Å². The minimum Gasteiger partial charge on any atom is -0.507 e. The van der Waals surface area contributed by atoms with Crippen LogP contribution in [0, 0.1) is 0 Å². The van der Waals surface area contributed by atoms with Crippen molar-refractivity contribution in [3.63, 3.8) is 0 Å². The molecular weight excluding hydrogens is 1550 g/mol. The van der Waals surface area contributed by atoms with Crippen molar-refractivity contribution in [2.75, 3.05) is 31.9 Å². The van der Waals surface area contributed by atoms with E-state index in [0.29, 0.717) is 109 Å². The predicted octanol–water partition coefficient (Wildman–Crippen LogP) is 5.75. The Hall–Kier alpha value is -11.1. The van der Waals surface area contributed by atoms with Gasteiger partial charge >= 0.3 is 6.03 Å². The van der Waals surface area contributed by atoms with Gasteiger partial charge in [-0.05, 0) is 131 Å². The van der Waals surface area contributed by atoms with Crippen LogP contribution in [-0.2, 0) is 80.9 Å². The number of rotatable bonds is 18. The van der Waals surface area contributed by atoms with E-state index < -0.39 is 272 Å². The molecule has 0 aliphatic rings. The van der Waals surface area contributed by atoms with Gasteiger partial charge in [-0.2, -0.15) is 67.3 Å². The number of carbonyl (C=O) groups is 5. The molecule has 0 spiro atoms. The van der Waals surface area contributed by atoms with E-state index >= 15 is 0 Å². The molecule has 104 heavy (non-hydrogen) atoms. The maximum Gasteiger partial charge on any atom is 0.323 e. The van der Waals surface area contributed by atoms with E-state index in [9.17, 15) is 148 Å². The lowest BCUT2D eigenvalue weighted by atomic mass is 10.0. The normalized spacial score (nSPS) is 12.6. The van der Waals surface area contributed by atoms with E-state index in [4.69, 9.17) is 0 Å². The van der Waals surface area contributed by atoms with Gasteiger partial charge in [-0.1, -0.05) is 0 Å². The number of amides is 6. The SMILES string of the molecule is O=C(Nc1cc(C(=O)Nc2cc(S(=O)(=O)O)cc3cc(S(=O)(=O)O)cc(O)c23)cc(C(=O)Nc2cc(S(=O)(=O)O)cc3cc(S(=O)(=O)O)cc(O)c23)c1)Nc1cc(C(=O)Nc2cc(S(=O)(=O)O)cc3cc(S(=O)(=O)O)cc(O)c23)cc(C(=O)Nc2cc(S(=O)(=O)O)cc3cc(S(=O)(=O)O)cc(O)c23)c1. The fraction of sp³-hybridized carbons (Fsp3) is 0. The van der Waals surface area contributed by atoms with E-state index in [2.05, 4.69) is 31.9 Å². The molecule has 39 nitrogen and oxygen atoms in total. The molecule has 10 rings (SSSR count). The number of fused-ring (bicyclic) bond motifs is 4. The van der Waals surface area contributed by atoms with Gasteiger partial charge in [-0.25, -0.2) is 4.79 Å². The number of carbonyl (C=O) groups excluding carboxylic acids is 5. The van der Waals surface area contributed by atoms with Gasteiger partial charge in [0, 0.05) is 79.4 Å². The summed E-state index contributed by atoms with van der Waals surface area (Å²) in [7, 11) is -42.1. The Bertz CT molecular complexity index is 5780. The van der Waals surface area contributed by atoms with Gasteiger partial charge in [-0.3, -0.25) is 55.6 Å². The van der Waals surface area contributed by atoms with Crippen molar-refractivity contribution >= 4 is 188 Å². The fourth-order valence-corrected chi connectivity index (χ4v) is 14.7. The second-order valence-corrected chi connectivity index (χ2v) is 33.2. The number of phenols is 4. The molecule has 47 heteroatoms. The van der Waals surface area contributed by atoms with Crippen LogP contribution < -0.4 is 31.9 Å². The first-order chi connectivity index (χ1) is 47.7. The van der Waals surface area contributed by atoms with Crippen LogP contribution in [0.2, 0.25) is 0 Å². The molecule has 6 amide bonds. The van der Waals surface area contributed by atoms with E-state index in [-0.39, 0.29) is 0 Å². The lowest BCUT2D eigenvalue weighted by molar-refractivity contribution is 0.101. The topological polar surface area (TPSA) is 673 Å². The first kappa shape index (κ1) is 75.5. The quantitative estimate of drug-likeness (QED) is 0.0455. The molecular formula is C57H40N6O33S8. The Morgan fingerprint density at radius 2 is 0.385 bits per heavy atom. The molecule has 0 heterocycles. The van der Waals surface area contributed by atoms with E-state index in [1.807, 2.05) is 0 Å². The molecule has 544 valence electrons. The molecule has 0 fully saturated rings. The molecule has 0 radical (unpaired) electrons.